The normalized spacial score (nSPS) is 13.1. The number of rotatable bonds is 6. The van der Waals surface area contributed by atoms with Crippen LogP contribution in [0.15, 0.2) is 72.8 Å². The van der Waals surface area contributed by atoms with Gasteiger partial charge in [0.25, 0.3) is 0 Å². The molecule has 1 aliphatic carbocycles. The van der Waals surface area contributed by atoms with Gasteiger partial charge in [-0.1, -0.05) is 60.7 Å². The van der Waals surface area contributed by atoms with Gasteiger partial charge in [-0.25, -0.2) is 0 Å². The maximum absolute atomic E-state index is 6.31. The molecule has 0 radical (unpaired) electrons. The zero-order chi connectivity index (χ0) is 19.3. The summed E-state index contributed by atoms with van der Waals surface area (Å²) in [7, 11) is 0. The molecule has 0 aromatic heterocycles. The first-order valence-electron chi connectivity index (χ1n) is 9.46. The van der Waals surface area contributed by atoms with Crippen molar-refractivity contribution in [2.75, 3.05) is 5.73 Å². The van der Waals surface area contributed by atoms with Crippen LogP contribution in [-0.2, 0) is 18.0 Å². The molecule has 0 heterocycles. The van der Waals surface area contributed by atoms with Crippen LogP contribution in [0.4, 0.5) is 5.69 Å². The molecule has 3 aromatic carbocycles. The quantitative estimate of drug-likeness (QED) is 0.653. The molecule has 1 aliphatic rings. The third-order valence-corrected chi connectivity index (χ3v) is 4.91. The lowest BCUT2D eigenvalue weighted by molar-refractivity contribution is 0.244. The van der Waals surface area contributed by atoms with E-state index in [0.717, 1.165) is 51.6 Å². The highest BCUT2D eigenvalue weighted by Gasteiger charge is 2.16. The van der Waals surface area contributed by atoms with E-state index in [4.69, 9.17) is 20.9 Å². The maximum atomic E-state index is 6.31. The number of nitrogen functional groups attached to an aromatic ring is 1. The highest BCUT2D eigenvalue weighted by molar-refractivity contribution is 5.62. The average Bonchev–Trinajstić information content (AvgIpc) is 2.74. The summed E-state index contributed by atoms with van der Waals surface area (Å²) in [6, 6.07) is 24.0. The molecule has 4 rings (SSSR count). The molecule has 0 atom stereocenters. The second kappa shape index (κ2) is 8.09. The third kappa shape index (κ3) is 3.81. The Morgan fingerprint density at radius 2 is 1.25 bits per heavy atom. The Bertz CT molecular complexity index is 1080. The van der Waals surface area contributed by atoms with Crippen LogP contribution in [0.1, 0.15) is 24.0 Å². The number of hydrogen-bond donors (Lipinski definition) is 2. The van der Waals surface area contributed by atoms with Crippen LogP contribution >= 0.6 is 0 Å². The minimum atomic E-state index is 0.475. The number of fused-ring (bicyclic) bond motifs is 1. The van der Waals surface area contributed by atoms with Gasteiger partial charge in [-0.15, -0.1) is 0 Å². The predicted octanol–water partition coefficient (Wildman–Crippen LogP) is 3.03. The Kier molecular flexibility index (Phi) is 5.20. The smallest absolute Gasteiger partial charge is 0.131 e. The lowest BCUT2D eigenvalue weighted by Gasteiger charge is -2.19. The molecule has 28 heavy (non-hydrogen) atoms. The summed E-state index contributed by atoms with van der Waals surface area (Å²) in [5.74, 6) is 1.63. The number of nitrogens with two attached hydrogens (primary N) is 2. The first-order valence-corrected chi connectivity index (χ1v) is 9.46. The van der Waals surface area contributed by atoms with Gasteiger partial charge in [0.2, 0.25) is 0 Å². The molecule has 4 N–H and O–H groups in total. The number of hydrogen-bond acceptors (Lipinski definition) is 4. The molecule has 3 aromatic rings. The molecule has 0 saturated carbocycles. The number of anilines is 1. The number of ether oxygens (including phenoxy) is 2. The van der Waals surface area contributed by atoms with Crippen molar-refractivity contribution < 1.29 is 9.47 Å². The van der Waals surface area contributed by atoms with Crippen LogP contribution in [0.2, 0.25) is 0 Å². The van der Waals surface area contributed by atoms with Crippen molar-refractivity contribution in [3.63, 3.8) is 0 Å². The average molecular weight is 372 g/mol. The van der Waals surface area contributed by atoms with Crippen molar-refractivity contribution >= 4 is 17.1 Å². The molecule has 0 saturated heterocycles. The van der Waals surface area contributed by atoms with Gasteiger partial charge in [-0.05, 0) is 29.7 Å². The highest BCUT2D eigenvalue weighted by atomic mass is 16.5. The van der Waals surface area contributed by atoms with Gasteiger partial charge in [0.05, 0.1) is 5.22 Å². The third-order valence-electron chi connectivity index (χ3n) is 4.91. The molecule has 4 nitrogen and oxygen atoms in total. The summed E-state index contributed by atoms with van der Waals surface area (Å²) in [5.41, 5.74) is 16.2. The first kappa shape index (κ1) is 18.0. The summed E-state index contributed by atoms with van der Waals surface area (Å²) in [4.78, 5) is 0. The summed E-state index contributed by atoms with van der Waals surface area (Å²) < 4.78 is 12.4. The topological polar surface area (TPSA) is 70.5 Å². The van der Waals surface area contributed by atoms with E-state index in [1.807, 2.05) is 60.7 Å². The van der Waals surface area contributed by atoms with Crippen LogP contribution in [0.5, 0.6) is 5.75 Å². The molecule has 0 fully saturated rings. The van der Waals surface area contributed by atoms with Crippen molar-refractivity contribution in [2.24, 2.45) is 5.73 Å². The van der Waals surface area contributed by atoms with Crippen molar-refractivity contribution in [1.29, 1.82) is 0 Å². The minimum absolute atomic E-state index is 0.475. The van der Waals surface area contributed by atoms with E-state index in [1.165, 1.54) is 0 Å². The second-order valence-corrected chi connectivity index (χ2v) is 6.90. The molecule has 0 amide bonds. The van der Waals surface area contributed by atoms with E-state index < -0.39 is 0 Å². The van der Waals surface area contributed by atoms with Gasteiger partial charge in [0.1, 0.15) is 24.7 Å². The van der Waals surface area contributed by atoms with Crippen LogP contribution < -0.4 is 26.6 Å². The Morgan fingerprint density at radius 3 is 1.89 bits per heavy atom. The maximum Gasteiger partial charge on any atom is 0.131 e. The van der Waals surface area contributed by atoms with E-state index in [9.17, 15) is 0 Å². The first-order chi connectivity index (χ1) is 13.7. The summed E-state index contributed by atoms with van der Waals surface area (Å²) >= 11 is 0. The molecule has 4 heteroatoms. The monoisotopic (exact) mass is 372 g/mol. The van der Waals surface area contributed by atoms with Crippen LogP contribution in [0.25, 0.3) is 11.5 Å². The van der Waals surface area contributed by atoms with Gasteiger partial charge in [0, 0.05) is 23.0 Å². The fourth-order valence-corrected chi connectivity index (χ4v) is 3.47. The van der Waals surface area contributed by atoms with Crippen molar-refractivity contribution in [1.82, 2.24) is 0 Å². The number of benzene rings is 3. The zero-order valence-corrected chi connectivity index (χ0v) is 15.7. The van der Waals surface area contributed by atoms with Gasteiger partial charge in [-0.2, -0.15) is 0 Å². The molecule has 0 aliphatic heterocycles. The molecule has 0 bridgehead atoms. The lowest BCUT2D eigenvalue weighted by Crippen LogP contribution is -2.38. The summed E-state index contributed by atoms with van der Waals surface area (Å²) in [5, 5.41) is 1.73. The largest absolute Gasteiger partial charge is 0.492 e. The minimum Gasteiger partial charge on any atom is -0.492 e. The molecule has 0 unspecified atom stereocenters. The van der Waals surface area contributed by atoms with Crippen LogP contribution in [-0.4, -0.2) is 0 Å². The fraction of sp³-hybridized carbons (Fsp3) is 0.167. The van der Waals surface area contributed by atoms with E-state index in [2.05, 4.69) is 12.1 Å². The Labute approximate surface area is 164 Å². The Morgan fingerprint density at radius 1 is 0.643 bits per heavy atom. The Hall–Kier alpha value is -3.40. The zero-order valence-electron chi connectivity index (χ0n) is 15.7. The van der Waals surface area contributed by atoms with Crippen molar-refractivity contribution in [3.8, 4) is 5.75 Å². The Balaban J connectivity index is 1.72. The molecular formula is C24H24N2O2. The van der Waals surface area contributed by atoms with E-state index in [1.54, 1.807) is 0 Å². The van der Waals surface area contributed by atoms with E-state index >= 15 is 0 Å². The van der Waals surface area contributed by atoms with Crippen LogP contribution in [0, 0.1) is 0 Å². The molecule has 142 valence electrons. The fourth-order valence-electron chi connectivity index (χ4n) is 3.47. The van der Waals surface area contributed by atoms with Gasteiger partial charge >= 0.3 is 0 Å². The summed E-state index contributed by atoms with van der Waals surface area (Å²) in [6.45, 7) is 0.978. The SMILES string of the molecule is NC1=c2c(N)ccc(OCc3ccccc3)c2=C(OCc2ccccc2)CC1. The highest BCUT2D eigenvalue weighted by Crippen LogP contribution is 2.19. The summed E-state index contributed by atoms with van der Waals surface area (Å²) in [6.07, 6.45) is 1.46. The standard InChI is InChI=1S/C24H24N2O2/c25-19-11-13-21(27-15-17-7-3-1-4-8-17)24-22(14-12-20(26)23(19)24)28-16-18-9-5-2-6-10-18/h1-11,13H,12,14-16,25-26H2. The molecule has 0 spiro atoms. The molecular weight excluding hydrogens is 348 g/mol. The van der Waals surface area contributed by atoms with E-state index in [0.29, 0.717) is 18.9 Å². The van der Waals surface area contributed by atoms with Crippen molar-refractivity contribution in [2.45, 2.75) is 26.1 Å². The van der Waals surface area contributed by atoms with Gasteiger partial charge in [-0.3, -0.25) is 0 Å². The van der Waals surface area contributed by atoms with Gasteiger partial charge in [0.15, 0.2) is 0 Å². The second-order valence-electron chi connectivity index (χ2n) is 6.90. The van der Waals surface area contributed by atoms with E-state index in [-0.39, 0.29) is 0 Å². The van der Waals surface area contributed by atoms with Crippen molar-refractivity contribution in [3.05, 3.63) is 94.4 Å². The predicted molar refractivity (Wildman–Crippen MR) is 112 cm³/mol. The lowest BCUT2D eigenvalue weighted by atomic mass is 10.0. The van der Waals surface area contributed by atoms with Crippen LogP contribution in [0.3, 0.4) is 0 Å². The van der Waals surface area contributed by atoms with Gasteiger partial charge < -0.3 is 20.9 Å².